The van der Waals surface area contributed by atoms with Gasteiger partial charge in [0.15, 0.2) is 0 Å². The van der Waals surface area contributed by atoms with E-state index in [1.54, 1.807) is 0 Å². The molecule has 1 rings (SSSR count). The summed E-state index contributed by atoms with van der Waals surface area (Å²) in [5.41, 5.74) is 0. The van der Waals surface area contributed by atoms with E-state index in [-0.39, 0.29) is 16.6 Å². The number of primary sulfonamides is 1. The van der Waals surface area contributed by atoms with E-state index in [0.29, 0.717) is 18.1 Å². The number of carboxylic acids is 1. The molecule has 0 bridgehead atoms. The van der Waals surface area contributed by atoms with Gasteiger partial charge in [-0.15, -0.1) is 0 Å². The zero-order valence-electron chi connectivity index (χ0n) is 11.0. The first-order valence-electron chi connectivity index (χ1n) is 5.88. The minimum Gasteiger partial charge on any atom is -0.493 e. The minimum atomic E-state index is -3.68. The highest BCUT2D eigenvalue weighted by molar-refractivity contribution is 7.99. The molecule has 0 saturated heterocycles. The Morgan fingerprint density at radius 1 is 1.40 bits per heavy atom. The van der Waals surface area contributed by atoms with Crippen LogP contribution in [0.5, 0.6) is 5.75 Å². The molecule has 0 heterocycles. The second kappa shape index (κ2) is 7.51. The van der Waals surface area contributed by atoms with Crippen molar-refractivity contribution in [2.75, 3.05) is 12.4 Å². The number of hydrogen-bond donors (Lipinski definition) is 2. The number of carboxylic acid groups (broad SMARTS) is 1. The fourth-order valence-electron chi connectivity index (χ4n) is 1.44. The van der Waals surface area contributed by atoms with Crippen LogP contribution in [0, 0.1) is 0 Å². The molecule has 1 aromatic carbocycles. The summed E-state index contributed by atoms with van der Waals surface area (Å²) in [6.45, 7) is 2.27. The van der Waals surface area contributed by atoms with Gasteiger partial charge in [0.1, 0.15) is 5.75 Å². The van der Waals surface area contributed by atoms with Gasteiger partial charge in [-0.1, -0.05) is 6.92 Å². The maximum absolute atomic E-state index is 11.1. The van der Waals surface area contributed by atoms with E-state index in [1.165, 1.54) is 36.0 Å². The molecule has 20 heavy (non-hydrogen) atoms. The molecule has 112 valence electrons. The molecule has 6 nitrogen and oxygen atoms in total. The molecule has 0 spiro atoms. The van der Waals surface area contributed by atoms with Gasteiger partial charge in [0.2, 0.25) is 10.0 Å². The molecule has 0 aromatic heterocycles. The zero-order valence-corrected chi connectivity index (χ0v) is 12.6. The van der Waals surface area contributed by atoms with Gasteiger partial charge in [-0.25, -0.2) is 13.6 Å². The number of hydrogen-bond acceptors (Lipinski definition) is 5. The number of ether oxygens (including phenoxy) is 1. The average Bonchev–Trinajstić information content (AvgIpc) is 2.33. The molecule has 8 heteroatoms. The summed E-state index contributed by atoms with van der Waals surface area (Å²) in [7, 11) is -3.68. The predicted molar refractivity (Wildman–Crippen MR) is 77.5 cm³/mol. The normalized spacial score (nSPS) is 12.9. The lowest BCUT2D eigenvalue weighted by atomic mass is 10.3. The fraction of sp³-hybridized carbons (Fsp3) is 0.417. The summed E-state index contributed by atoms with van der Waals surface area (Å²) in [5, 5.41) is 13.6. The fourth-order valence-corrected chi connectivity index (χ4v) is 2.80. The van der Waals surface area contributed by atoms with E-state index in [2.05, 4.69) is 0 Å². The predicted octanol–water partition coefficient (Wildman–Crippen LogP) is 1.31. The van der Waals surface area contributed by atoms with Crippen molar-refractivity contribution < 1.29 is 23.1 Å². The number of benzene rings is 1. The van der Waals surface area contributed by atoms with E-state index in [0.717, 1.165) is 0 Å². The van der Waals surface area contributed by atoms with E-state index in [4.69, 9.17) is 15.0 Å². The molecule has 1 atom stereocenters. The van der Waals surface area contributed by atoms with Crippen LogP contribution in [0.25, 0.3) is 0 Å². The number of rotatable bonds is 8. The number of aliphatic carboxylic acids is 1. The number of nitrogens with two attached hydrogens (primary N) is 1. The van der Waals surface area contributed by atoms with Crippen molar-refractivity contribution in [2.24, 2.45) is 5.14 Å². The molecular weight excluding hydrogens is 302 g/mol. The SMILES string of the molecule is CC(CC(=O)O)SCCOc1ccc(S(N)(=O)=O)cc1. The summed E-state index contributed by atoms with van der Waals surface area (Å²) < 4.78 is 27.5. The summed E-state index contributed by atoms with van der Waals surface area (Å²) >= 11 is 1.51. The quantitative estimate of drug-likeness (QED) is 0.700. The second-order valence-electron chi connectivity index (χ2n) is 4.14. The highest BCUT2D eigenvalue weighted by Crippen LogP contribution is 2.17. The molecule has 0 radical (unpaired) electrons. The van der Waals surface area contributed by atoms with Gasteiger partial charge < -0.3 is 9.84 Å². The van der Waals surface area contributed by atoms with Gasteiger partial charge in [0, 0.05) is 11.0 Å². The van der Waals surface area contributed by atoms with Crippen molar-refractivity contribution in [3.05, 3.63) is 24.3 Å². The van der Waals surface area contributed by atoms with Crippen LogP contribution in [0.1, 0.15) is 13.3 Å². The summed E-state index contributed by atoms with van der Waals surface area (Å²) in [4.78, 5) is 10.5. The van der Waals surface area contributed by atoms with Crippen molar-refractivity contribution >= 4 is 27.8 Å². The topological polar surface area (TPSA) is 107 Å². The van der Waals surface area contributed by atoms with Crippen LogP contribution >= 0.6 is 11.8 Å². The molecule has 0 saturated carbocycles. The van der Waals surface area contributed by atoms with Crippen molar-refractivity contribution in [1.29, 1.82) is 0 Å². The van der Waals surface area contributed by atoms with Crippen LogP contribution in [0.2, 0.25) is 0 Å². The van der Waals surface area contributed by atoms with Crippen LogP contribution < -0.4 is 9.88 Å². The van der Waals surface area contributed by atoms with Gasteiger partial charge in [-0.2, -0.15) is 11.8 Å². The number of sulfonamides is 1. The Morgan fingerprint density at radius 3 is 2.50 bits per heavy atom. The third kappa shape index (κ3) is 6.27. The minimum absolute atomic E-state index is 0.0286. The van der Waals surface area contributed by atoms with Crippen LogP contribution in [0.3, 0.4) is 0 Å². The van der Waals surface area contributed by atoms with Crippen LogP contribution in [-0.2, 0) is 14.8 Å². The molecule has 3 N–H and O–H groups in total. The number of thioether (sulfide) groups is 1. The van der Waals surface area contributed by atoms with Gasteiger partial charge in [0.25, 0.3) is 0 Å². The third-order valence-corrected chi connectivity index (χ3v) is 4.44. The molecule has 0 fully saturated rings. The molecule has 1 aromatic rings. The highest BCUT2D eigenvalue weighted by atomic mass is 32.2. The first-order valence-corrected chi connectivity index (χ1v) is 8.47. The maximum Gasteiger partial charge on any atom is 0.304 e. The lowest BCUT2D eigenvalue weighted by Crippen LogP contribution is -2.12. The molecule has 0 aliphatic heterocycles. The molecule has 0 aliphatic carbocycles. The van der Waals surface area contributed by atoms with Gasteiger partial charge in [0.05, 0.1) is 17.9 Å². The largest absolute Gasteiger partial charge is 0.493 e. The summed E-state index contributed by atoms with van der Waals surface area (Å²) in [5.74, 6) is 0.388. The third-order valence-electron chi connectivity index (χ3n) is 2.37. The average molecular weight is 319 g/mol. The monoisotopic (exact) mass is 319 g/mol. The Labute approximate surface area is 122 Å². The maximum atomic E-state index is 11.1. The van der Waals surface area contributed by atoms with Crippen molar-refractivity contribution in [2.45, 2.75) is 23.5 Å². The van der Waals surface area contributed by atoms with Crippen LogP contribution in [-0.4, -0.2) is 37.1 Å². The first-order chi connectivity index (χ1) is 9.29. The Kier molecular flexibility index (Phi) is 6.31. The number of carbonyl (C=O) groups is 1. The van der Waals surface area contributed by atoms with Crippen molar-refractivity contribution in [3.8, 4) is 5.75 Å². The Bertz CT molecular complexity index is 541. The highest BCUT2D eigenvalue weighted by Gasteiger charge is 2.08. The van der Waals surface area contributed by atoms with E-state index < -0.39 is 16.0 Å². The lowest BCUT2D eigenvalue weighted by Gasteiger charge is -2.10. The Balaban J connectivity index is 2.34. The Hall–Kier alpha value is -1.25. The molecule has 0 amide bonds. The molecule has 1 unspecified atom stereocenters. The summed E-state index contributed by atoms with van der Waals surface area (Å²) in [6.07, 6.45) is 0.119. The van der Waals surface area contributed by atoms with Crippen molar-refractivity contribution in [1.82, 2.24) is 0 Å². The Morgan fingerprint density at radius 2 is 2.00 bits per heavy atom. The van der Waals surface area contributed by atoms with Crippen LogP contribution in [0.4, 0.5) is 0 Å². The second-order valence-corrected chi connectivity index (χ2v) is 7.25. The smallest absolute Gasteiger partial charge is 0.304 e. The van der Waals surface area contributed by atoms with Crippen molar-refractivity contribution in [3.63, 3.8) is 0 Å². The standard InChI is InChI=1S/C12H17NO5S2/c1-9(8-12(14)15)19-7-6-18-10-2-4-11(5-3-10)20(13,16)17/h2-5,9H,6-8H2,1H3,(H,14,15)(H2,13,16,17). The van der Waals surface area contributed by atoms with Crippen LogP contribution in [0.15, 0.2) is 29.2 Å². The van der Waals surface area contributed by atoms with E-state index in [9.17, 15) is 13.2 Å². The lowest BCUT2D eigenvalue weighted by molar-refractivity contribution is -0.136. The molecule has 0 aliphatic rings. The van der Waals surface area contributed by atoms with Gasteiger partial charge in [-0.3, -0.25) is 4.79 Å². The summed E-state index contributed by atoms with van der Waals surface area (Å²) in [6, 6.07) is 5.83. The molecular formula is C12H17NO5S2. The van der Waals surface area contributed by atoms with E-state index in [1.807, 2.05) is 6.92 Å². The van der Waals surface area contributed by atoms with Gasteiger partial charge >= 0.3 is 5.97 Å². The zero-order chi connectivity index (χ0) is 15.2. The first kappa shape index (κ1) is 16.8. The van der Waals surface area contributed by atoms with Gasteiger partial charge in [-0.05, 0) is 24.3 Å². The van der Waals surface area contributed by atoms with E-state index >= 15 is 0 Å².